The van der Waals surface area contributed by atoms with E-state index < -0.39 is 10.0 Å². The molecule has 1 fully saturated rings. The van der Waals surface area contributed by atoms with Crippen LogP contribution in [0.15, 0.2) is 17.6 Å². The van der Waals surface area contributed by atoms with Gasteiger partial charge in [0.1, 0.15) is 0 Å². The second-order valence-corrected chi connectivity index (χ2v) is 6.19. The van der Waals surface area contributed by atoms with Crippen molar-refractivity contribution in [3.8, 4) is 0 Å². The Morgan fingerprint density at radius 1 is 1.56 bits per heavy atom. The number of aryl methyl sites for hydroxylation is 1. The van der Waals surface area contributed by atoms with Crippen LogP contribution >= 0.6 is 12.4 Å². The van der Waals surface area contributed by atoms with Crippen LogP contribution in [0.5, 0.6) is 0 Å². The van der Waals surface area contributed by atoms with Crippen molar-refractivity contribution < 1.29 is 8.42 Å². The van der Waals surface area contributed by atoms with E-state index in [0.717, 1.165) is 12.8 Å². The first-order valence-electron chi connectivity index (χ1n) is 5.81. The summed E-state index contributed by atoms with van der Waals surface area (Å²) in [5, 5.41) is 0.119. The van der Waals surface area contributed by atoms with Crippen LogP contribution in [0.2, 0.25) is 0 Å². The van der Waals surface area contributed by atoms with Gasteiger partial charge in [0.2, 0.25) is 0 Å². The monoisotopic (exact) mass is 294 g/mol. The fourth-order valence-corrected chi connectivity index (χ4v) is 3.44. The summed E-state index contributed by atoms with van der Waals surface area (Å²) in [5.74, 6) is 0. The highest BCUT2D eigenvalue weighted by molar-refractivity contribution is 7.89. The number of aromatic nitrogens is 2. The number of rotatable bonds is 3. The van der Waals surface area contributed by atoms with E-state index in [-0.39, 0.29) is 23.5 Å². The second-order valence-electron chi connectivity index (χ2n) is 4.31. The Labute approximate surface area is 114 Å². The van der Waals surface area contributed by atoms with Crippen molar-refractivity contribution in [1.29, 1.82) is 0 Å². The molecule has 1 aliphatic rings. The highest BCUT2D eigenvalue weighted by atomic mass is 35.5. The van der Waals surface area contributed by atoms with E-state index >= 15 is 0 Å². The third kappa shape index (κ3) is 3.03. The minimum atomic E-state index is -3.46. The van der Waals surface area contributed by atoms with Gasteiger partial charge in [0.15, 0.2) is 5.03 Å². The van der Waals surface area contributed by atoms with Gasteiger partial charge >= 0.3 is 0 Å². The van der Waals surface area contributed by atoms with E-state index in [2.05, 4.69) is 4.98 Å². The van der Waals surface area contributed by atoms with Crippen molar-refractivity contribution in [1.82, 2.24) is 13.9 Å². The molecular weight excluding hydrogens is 276 g/mol. The average Bonchev–Trinajstić information content (AvgIpc) is 2.78. The number of imidazole rings is 1. The zero-order chi connectivity index (χ0) is 12.5. The minimum absolute atomic E-state index is 0. The molecule has 2 N–H and O–H groups in total. The fourth-order valence-electron chi connectivity index (χ4n) is 1.97. The Morgan fingerprint density at radius 2 is 2.28 bits per heavy atom. The van der Waals surface area contributed by atoms with Crippen molar-refractivity contribution in [3.63, 3.8) is 0 Å². The maximum atomic E-state index is 12.3. The molecule has 0 spiro atoms. The summed E-state index contributed by atoms with van der Waals surface area (Å²) in [5.41, 5.74) is 5.80. The van der Waals surface area contributed by atoms with Crippen LogP contribution in [0, 0.1) is 0 Å². The summed E-state index contributed by atoms with van der Waals surface area (Å²) in [6.07, 6.45) is 4.80. The Hall–Kier alpha value is -0.630. The first-order valence-corrected chi connectivity index (χ1v) is 7.25. The summed E-state index contributed by atoms with van der Waals surface area (Å²) in [6, 6.07) is -0.0632. The molecule has 1 unspecified atom stereocenters. The van der Waals surface area contributed by atoms with Gasteiger partial charge in [-0.15, -0.1) is 12.4 Å². The molecular formula is C10H19ClN4O2S. The van der Waals surface area contributed by atoms with E-state index in [4.69, 9.17) is 5.73 Å². The summed E-state index contributed by atoms with van der Waals surface area (Å²) < 4.78 is 27.7. The van der Waals surface area contributed by atoms with Crippen LogP contribution in [0.3, 0.4) is 0 Å². The quantitative estimate of drug-likeness (QED) is 0.877. The molecule has 0 bridgehead atoms. The van der Waals surface area contributed by atoms with Gasteiger partial charge in [-0.2, -0.15) is 4.31 Å². The zero-order valence-electron chi connectivity index (χ0n) is 10.3. The highest BCUT2D eigenvalue weighted by Gasteiger charge is 2.30. The Kier molecular flexibility index (Phi) is 5.15. The SMILES string of the molecule is CCn1cnc(S(=O)(=O)N2CCCC(N)C2)c1.Cl. The topological polar surface area (TPSA) is 81.2 Å². The summed E-state index contributed by atoms with van der Waals surface area (Å²) in [6.45, 7) is 3.58. The lowest BCUT2D eigenvalue weighted by molar-refractivity contribution is 0.315. The zero-order valence-corrected chi connectivity index (χ0v) is 12.0. The lowest BCUT2D eigenvalue weighted by Crippen LogP contribution is -2.45. The normalized spacial score (nSPS) is 21.6. The first kappa shape index (κ1) is 15.4. The molecule has 2 heterocycles. The lowest BCUT2D eigenvalue weighted by atomic mass is 10.1. The van der Waals surface area contributed by atoms with Crippen molar-refractivity contribution in [2.45, 2.75) is 37.4 Å². The van der Waals surface area contributed by atoms with E-state index in [1.54, 1.807) is 10.8 Å². The summed E-state index contributed by atoms with van der Waals surface area (Å²) in [7, 11) is -3.46. The summed E-state index contributed by atoms with van der Waals surface area (Å²) in [4.78, 5) is 3.95. The number of hydrogen-bond acceptors (Lipinski definition) is 4. The van der Waals surface area contributed by atoms with E-state index in [0.29, 0.717) is 19.6 Å². The van der Waals surface area contributed by atoms with E-state index in [9.17, 15) is 8.42 Å². The maximum absolute atomic E-state index is 12.3. The molecule has 1 aromatic rings. The number of piperidine rings is 1. The van der Waals surface area contributed by atoms with E-state index in [1.807, 2.05) is 6.92 Å². The molecule has 0 amide bonds. The van der Waals surface area contributed by atoms with Crippen LogP contribution in [0.1, 0.15) is 19.8 Å². The molecule has 8 heteroatoms. The number of hydrogen-bond donors (Lipinski definition) is 1. The molecule has 2 rings (SSSR count). The Balaban J connectivity index is 0.00000162. The predicted octanol–water partition coefficient (Wildman–Crippen LogP) is 0.437. The van der Waals surface area contributed by atoms with Crippen LogP contribution in [0.25, 0.3) is 0 Å². The van der Waals surface area contributed by atoms with Crippen LogP contribution in [0.4, 0.5) is 0 Å². The van der Waals surface area contributed by atoms with Crippen LogP contribution < -0.4 is 5.73 Å². The molecule has 0 radical (unpaired) electrons. The lowest BCUT2D eigenvalue weighted by Gasteiger charge is -2.29. The van der Waals surface area contributed by atoms with Gasteiger partial charge < -0.3 is 10.3 Å². The van der Waals surface area contributed by atoms with Crippen molar-refractivity contribution >= 4 is 22.4 Å². The number of nitrogens with two attached hydrogens (primary N) is 1. The molecule has 1 atom stereocenters. The van der Waals surface area contributed by atoms with Gasteiger partial charge in [0.25, 0.3) is 10.0 Å². The number of halogens is 1. The van der Waals surface area contributed by atoms with Crippen molar-refractivity contribution in [3.05, 3.63) is 12.5 Å². The molecule has 0 aliphatic carbocycles. The first-order chi connectivity index (χ1) is 8.04. The average molecular weight is 295 g/mol. The maximum Gasteiger partial charge on any atom is 0.262 e. The van der Waals surface area contributed by atoms with E-state index in [1.165, 1.54) is 10.6 Å². The van der Waals surface area contributed by atoms with Crippen LogP contribution in [-0.4, -0.2) is 41.4 Å². The highest BCUT2D eigenvalue weighted by Crippen LogP contribution is 2.18. The van der Waals surface area contributed by atoms with Gasteiger partial charge in [-0.25, -0.2) is 13.4 Å². The molecule has 6 nitrogen and oxygen atoms in total. The van der Waals surface area contributed by atoms with Crippen molar-refractivity contribution in [2.75, 3.05) is 13.1 Å². The Morgan fingerprint density at radius 3 is 2.83 bits per heavy atom. The minimum Gasteiger partial charge on any atom is -0.336 e. The summed E-state index contributed by atoms with van der Waals surface area (Å²) >= 11 is 0. The molecule has 1 aliphatic heterocycles. The van der Waals surface area contributed by atoms with Crippen LogP contribution in [-0.2, 0) is 16.6 Å². The molecule has 18 heavy (non-hydrogen) atoms. The number of sulfonamides is 1. The third-order valence-corrected chi connectivity index (χ3v) is 4.75. The smallest absolute Gasteiger partial charge is 0.262 e. The largest absolute Gasteiger partial charge is 0.336 e. The molecule has 1 aromatic heterocycles. The second kappa shape index (κ2) is 6.01. The Bertz CT molecular complexity index is 488. The van der Waals surface area contributed by atoms with Gasteiger partial charge in [-0.05, 0) is 19.8 Å². The van der Waals surface area contributed by atoms with Crippen molar-refractivity contribution in [2.24, 2.45) is 5.73 Å². The fraction of sp³-hybridized carbons (Fsp3) is 0.700. The van der Waals surface area contributed by atoms with Gasteiger partial charge in [0.05, 0.1) is 6.33 Å². The predicted molar refractivity (Wildman–Crippen MR) is 71.1 cm³/mol. The van der Waals surface area contributed by atoms with Gasteiger partial charge in [-0.1, -0.05) is 0 Å². The molecule has 0 saturated carbocycles. The third-order valence-electron chi connectivity index (χ3n) is 3.00. The molecule has 1 saturated heterocycles. The standard InChI is InChI=1S/C10H18N4O2S.ClH/c1-2-13-7-10(12-8-13)17(15,16)14-5-3-4-9(11)6-14;/h7-9H,2-6,11H2,1H3;1H. The van der Waals surface area contributed by atoms with Gasteiger partial charge in [0, 0.05) is 31.9 Å². The van der Waals surface area contributed by atoms with Gasteiger partial charge in [-0.3, -0.25) is 0 Å². The molecule has 0 aromatic carbocycles. The number of nitrogens with zero attached hydrogens (tertiary/aromatic N) is 3. The molecule has 104 valence electrons.